The molecule has 2 aromatic rings. The summed E-state index contributed by atoms with van der Waals surface area (Å²) in [5.41, 5.74) is 0.905. The molecule has 0 spiro atoms. The molecule has 21 heavy (non-hydrogen) atoms. The van der Waals surface area contributed by atoms with Crippen LogP contribution in [0.15, 0.2) is 24.3 Å². The van der Waals surface area contributed by atoms with Gasteiger partial charge in [0, 0.05) is 31.4 Å². The summed E-state index contributed by atoms with van der Waals surface area (Å²) in [6.45, 7) is 2.95. The van der Waals surface area contributed by atoms with Crippen LogP contribution >= 0.6 is 0 Å². The minimum atomic E-state index is -0.390. The molecule has 0 bridgehead atoms. The average Bonchev–Trinajstić information content (AvgIpc) is 2.47. The molecule has 0 radical (unpaired) electrons. The molecule has 1 aromatic carbocycles. The summed E-state index contributed by atoms with van der Waals surface area (Å²) < 4.78 is 24.2. The van der Waals surface area contributed by atoms with Crippen molar-refractivity contribution in [3.05, 3.63) is 35.9 Å². The molecule has 2 rings (SSSR count). The van der Waals surface area contributed by atoms with Gasteiger partial charge in [-0.05, 0) is 19.1 Å². The Balaban J connectivity index is 2.46. The fourth-order valence-corrected chi connectivity index (χ4v) is 1.93. The van der Waals surface area contributed by atoms with Gasteiger partial charge in [0.15, 0.2) is 5.82 Å². The van der Waals surface area contributed by atoms with Crippen molar-refractivity contribution in [2.45, 2.75) is 13.5 Å². The number of benzene rings is 1. The molecule has 0 aliphatic carbocycles. The predicted octanol–water partition coefficient (Wildman–Crippen LogP) is 2.87. The van der Waals surface area contributed by atoms with Crippen molar-refractivity contribution in [3.63, 3.8) is 0 Å². The van der Waals surface area contributed by atoms with Gasteiger partial charge in [-0.2, -0.15) is 0 Å². The highest BCUT2D eigenvalue weighted by Gasteiger charge is 2.11. The Labute approximate surface area is 123 Å². The Hall–Kier alpha value is -2.21. The van der Waals surface area contributed by atoms with E-state index in [9.17, 15) is 4.39 Å². The lowest BCUT2D eigenvalue weighted by molar-refractivity contribution is 0.178. The minimum Gasteiger partial charge on any atom is -0.497 e. The van der Waals surface area contributed by atoms with E-state index in [2.05, 4.69) is 15.3 Å². The summed E-state index contributed by atoms with van der Waals surface area (Å²) in [4.78, 5) is 8.64. The molecule has 5 nitrogen and oxygen atoms in total. The average molecular weight is 291 g/mol. The van der Waals surface area contributed by atoms with Crippen LogP contribution in [0.4, 0.5) is 10.2 Å². The Morgan fingerprint density at radius 1 is 1.19 bits per heavy atom. The molecule has 0 aliphatic heterocycles. The van der Waals surface area contributed by atoms with Gasteiger partial charge < -0.3 is 14.8 Å². The molecular weight excluding hydrogens is 273 g/mol. The van der Waals surface area contributed by atoms with Crippen molar-refractivity contribution in [3.8, 4) is 17.0 Å². The number of hydrogen-bond acceptors (Lipinski definition) is 5. The summed E-state index contributed by atoms with van der Waals surface area (Å²) in [6.07, 6.45) is 0. The zero-order valence-electron chi connectivity index (χ0n) is 12.3. The van der Waals surface area contributed by atoms with Gasteiger partial charge in [-0.25, -0.2) is 14.4 Å². The fraction of sp³-hybridized carbons (Fsp3) is 0.333. The molecule has 0 atom stereocenters. The topological polar surface area (TPSA) is 56.3 Å². The summed E-state index contributed by atoms with van der Waals surface area (Å²) in [6, 6.07) is 6.39. The van der Waals surface area contributed by atoms with Gasteiger partial charge in [0.25, 0.3) is 0 Å². The second-order valence-corrected chi connectivity index (χ2v) is 4.36. The van der Waals surface area contributed by atoms with Crippen molar-refractivity contribution >= 4 is 5.82 Å². The lowest BCUT2D eigenvalue weighted by Gasteiger charge is -2.10. The third-order valence-electron chi connectivity index (χ3n) is 2.86. The highest BCUT2D eigenvalue weighted by atomic mass is 19.1. The monoisotopic (exact) mass is 291 g/mol. The fourth-order valence-electron chi connectivity index (χ4n) is 1.93. The Kier molecular flexibility index (Phi) is 5.05. The van der Waals surface area contributed by atoms with E-state index in [-0.39, 0.29) is 12.4 Å². The van der Waals surface area contributed by atoms with Crippen LogP contribution in [-0.2, 0) is 11.3 Å². The van der Waals surface area contributed by atoms with E-state index in [1.165, 1.54) is 13.2 Å². The summed E-state index contributed by atoms with van der Waals surface area (Å²) in [5.74, 6) is 1.22. The molecule has 0 unspecified atom stereocenters. The van der Waals surface area contributed by atoms with Gasteiger partial charge in [0.2, 0.25) is 0 Å². The van der Waals surface area contributed by atoms with Gasteiger partial charge >= 0.3 is 0 Å². The smallest absolute Gasteiger partial charge is 0.157 e. The third kappa shape index (κ3) is 3.66. The number of anilines is 1. The predicted molar refractivity (Wildman–Crippen MR) is 78.9 cm³/mol. The summed E-state index contributed by atoms with van der Waals surface area (Å²) >= 11 is 0. The standard InChI is InChI=1S/C15H18FN3O2/c1-4-17-14-8-13(18-15(19-14)9-20-2)11-6-5-10(21-3)7-12(11)16/h5-8H,4,9H2,1-3H3,(H,17,18,19). The first kappa shape index (κ1) is 15.2. The van der Waals surface area contributed by atoms with Gasteiger partial charge in [-0.15, -0.1) is 0 Å². The van der Waals surface area contributed by atoms with Crippen LogP contribution in [-0.4, -0.2) is 30.7 Å². The number of methoxy groups -OCH3 is 2. The van der Waals surface area contributed by atoms with Gasteiger partial charge in [0.05, 0.1) is 12.8 Å². The highest BCUT2D eigenvalue weighted by Crippen LogP contribution is 2.26. The van der Waals surface area contributed by atoms with E-state index in [1.807, 2.05) is 6.92 Å². The van der Waals surface area contributed by atoms with E-state index >= 15 is 0 Å². The van der Waals surface area contributed by atoms with Crippen molar-refractivity contribution in [1.29, 1.82) is 0 Å². The van der Waals surface area contributed by atoms with Crippen LogP contribution < -0.4 is 10.1 Å². The number of nitrogens with one attached hydrogen (secondary N) is 1. The van der Waals surface area contributed by atoms with Crippen molar-refractivity contribution in [2.24, 2.45) is 0 Å². The number of ether oxygens (including phenoxy) is 2. The second-order valence-electron chi connectivity index (χ2n) is 4.36. The zero-order chi connectivity index (χ0) is 15.2. The third-order valence-corrected chi connectivity index (χ3v) is 2.86. The highest BCUT2D eigenvalue weighted by molar-refractivity contribution is 5.64. The maximum Gasteiger partial charge on any atom is 0.157 e. The maximum absolute atomic E-state index is 14.2. The van der Waals surface area contributed by atoms with E-state index in [1.54, 1.807) is 25.3 Å². The molecule has 0 aliphatic rings. The van der Waals surface area contributed by atoms with Gasteiger partial charge in [-0.3, -0.25) is 0 Å². The summed E-state index contributed by atoms with van der Waals surface area (Å²) in [7, 11) is 3.07. The van der Waals surface area contributed by atoms with E-state index in [0.717, 1.165) is 0 Å². The summed E-state index contributed by atoms with van der Waals surface area (Å²) in [5, 5.41) is 3.10. The normalized spacial score (nSPS) is 10.5. The van der Waals surface area contributed by atoms with Crippen molar-refractivity contribution in [2.75, 3.05) is 26.1 Å². The molecule has 0 fully saturated rings. The molecule has 0 saturated carbocycles. The molecule has 1 N–H and O–H groups in total. The second kappa shape index (κ2) is 6.99. The van der Waals surface area contributed by atoms with Crippen LogP contribution in [0.25, 0.3) is 11.3 Å². The molecule has 1 aromatic heterocycles. The van der Waals surface area contributed by atoms with E-state index in [4.69, 9.17) is 9.47 Å². The van der Waals surface area contributed by atoms with Gasteiger partial charge in [-0.1, -0.05) is 0 Å². The first-order chi connectivity index (χ1) is 10.2. The van der Waals surface area contributed by atoms with Crippen LogP contribution in [0.2, 0.25) is 0 Å². The first-order valence-corrected chi connectivity index (χ1v) is 6.62. The van der Waals surface area contributed by atoms with E-state index < -0.39 is 0 Å². The number of rotatable bonds is 6. The van der Waals surface area contributed by atoms with Crippen molar-refractivity contribution in [1.82, 2.24) is 9.97 Å². The zero-order valence-corrected chi connectivity index (χ0v) is 12.3. The largest absolute Gasteiger partial charge is 0.497 e. The molecule has 6 heteroatoms. The van der Waals surface area contributed by atoms with Gasteiger partial charge in [0.1, 0.15) is 24.0 Å². The number of halogens is 1. The number of nitrogens with zero attached hydrogens (tertiary/aromatic N) is 2. The quantitative estimate of drug-likeness (QED) is 0.887. The molecule has 112 valence electrons. The molecule has 1 heterocycles. The lowest BCUT2D eigenvalue weighted by Crippen LogP contribution is -2.06. The van der Waals surface area contributed by atoms with Crippen LogP contribution in [0.3, 0.4) is 0 Å². The van der Waals surface area contributed by atoms with Crippen LogP contribution in [0.5, 0.6) is 5.75 Å². The Morgan fingerprint density at radius 2 is 2.00 bits per heavy atom. The van der Waals surface area contributed by atoms with Crippen molar-refractivity contribution < 1.29 is 13.9 Å². The Bertz CT molecular complexity index is 596. The number of aromatic nitrogens is 2. The van der Waals surface area contributed by atoms with Crippen LogP contribution in [0.1, 0.15) is 12.7 Å². The van der Waals surface area contributed by atoms with E-state index in [0.29, 0.717) is 35.2 Å². The first-order valence-electron chi connectivity index (χ1n) is 6.62. The lowest BCUT2D eigenvalue weighted by atomic mass is 10.1. The number of hydrogen-bond donors (Lipinski definition) is 1. The molecule has 0 amide bonds. The van der Waals surface area contributed by atoms with Crippen LogP contribution in [0, 0.1) is 5.82 Å². The SMILES string of the molecule is CCNc1cc(-c2ccc(OC)cc2F)nc(COC)n1. The Morgan fingerprint density at radius 3 is 2.62 bits per heavy atom. The molecule has 0 saturated heterocycles. The molecular formula is C15H18FN3O2. The maximum atomic E-state index is 14.2. The minimum absolute atomic E-state index is 0.268.